The van der Waals surface area contributed by atoms with E-state index in [0.29, 0.717) is 5.56 Å². The molecule has 0 unspecified atom stereocenters. The summed E-state index contributed by atoms with van der Waals surface area (Å²) >= 11 is 0. The highest BCUT2D eigenvalue weighted by atomic mass is 19.4. The van der Waals surface area contributed by atoms with Crippen LogP contribution < -0.4 is 0 Å². The molecule has 0 aliphatic heterocycles. The second kappa shape index (κ2) is 4.84. The maximum absolute atomic E-state index is 12.2. The molecule has 0 amide bonds. The zero-order valence-corrected chi connectivity index (χ0v) is 8.70. The van der Waals surface area contributed by atoms with Gasteiger partial charge in [-0.2, -0.15) is 13.2 Å². The molecule has 0 aliphatic carbocycles. The minimum absolute atomic E-state index is 0.220. The molecule has 0 saturated carbocycles. The van der Waals surface area contributed by atoms with E-state index in [-0.39, 0.29) is 6.61 Å². The van der Waals surface area contributed by atoms with Crippen LogP contribution in [0.2, 0.25) is 0 Å². The van der Waals surface area contributed by atoms with Crippen LogP contribution in [-0.2, 0) is 6.18 Å². The molecular formula is C11H13F3O2. The van der Waals surface area contributed by atoms with Gasteiger partial charge in [-0.05, 0) is 17.7 Å². The molecular weight excluding hydrogens is 221 g/mol. The van der Waals surface area contributed by atoms with Gasteiger partial charge in [0.05, 0.1) is 11.7 Å². The molecule has 90 valence electrons. The van der Waals surface area contributed by atoms with Crippen molar-refractivity contribution < 1.29 is 23.4 Å². The highest BCUT2D eigenvalue weighted by molar-refractivity contribution is 5.26. The van der Waals surface area contributed by atoms with Crippen molar-refractivity contribution in [2.45, 2.75) is 19.2 Å². The topological polar surface area (TPSA) is 40.5 Å². The lowest BCUT2D eigenvalue weighted by Crippen LogP contribution is -2.13. The first-order valence-corrected chi connectivity index (χ1v) is 4.82. The number of halogens is 3. The van der Waals surface area contributed by atoms with Crippen LogP contribution in [-0.4, -0.2) is 16.8 Å². The number of hydrogen-bond donors (Lipinski definition) is 2. The summed E-state index contributed by atoms with van der Waals surface area (Å²) in [4.78, 5) is 0. The minimum Gasteiger partial charge on any atom is -0.396 e. The van der Waals surface area contributed by atoms with Gasteiger partial charge in [0.25, 0.3) is 0 Å². The first-order valence-electron chi connectivity index (χ1n) is 4.82. The third kappa shape index (κ3) is 2.96. The fourth-order valence-electron chi connectivity index (χ4n) is 1.30. The lowest BCUT2D eigenvalue weighted by Gasteiger charge is -2.17. The quantitative estimate of drug-likeness (QED) is 0.842. The van der Waals surface area contributed by atoms with Crippen molar-refractivity contribution in [1.82, 2.24) is 0 Å². The SMILES string of the molecule is C[C@@H](CO)[C@@H](O)c1ccc(C(F)(F)F)cc1. The van der Waals surface area contributed by atoms with E-state index < -0.39 is 23.8 Å². The van der Waals surface area contributed by atoms with Crippen molar-refractivity contribution in [2.24, 2.45) is 5.92 Å². The van der Waals surface area contributed by atoms with Gasteiger partial charge in [-0.25, -0.2) is 0 Å². The van der Waals surface area contributed by atoms with Gasteiger partial charge in [-0.15, -0.1) is 0 Å². The monoisotopic (exact) mass is 234 g/mol. The Balaban J connectivity index is 2.87. The molecule has 2 nitrogen and oxygen atoms in total. The van der Waals surface area contributed by atoms with Crippen LogP contribution >= 0.6 is 0 Å². The summed E-state index contributed by atoms with van der Waals surface area (Å²) < 4.78 is 36.7. The van der Waals surface area contributed by atoms with E-state index in [2.05, 4.69) is 0 Å². The van der Waals surface area contributed by atoms with Crippen LogP contribution in [0.3, 0.4) is 0 Å². The first kappa shape index (κ1) is 13.0. The van der Waals surface area contributed by atoms with Gasteiger partial charge < -0.3 is 10.2 Å². The van der Waals surface area contributed by atoms with Gasteiger partial charge in [-0.3, -0.25) is 0 Å². The smallest absolute Gasteiger partial charge is 0.396 e. The molecule has 1 rings (SSSR count). The maximum Gasteiger partial charge on any atom is 0.416 e. The Morgan fingerprint density at radius 3 is 2.06 bits per heavy atom. The van der Waals surface area contributed by atoms with Crippen LogP contribution in [0.1, 0.15) is 24.2 Å². The Kier molecular flexibility index (Phi) is 3.93. The molecule has 0 spiro atoms. The molecule has 0 heterocycles. The molecule has 2 N–H and O–H groups in total. The van der Waals surface area contributed by atoms with Gasteiger partial charge in [-0.1, -0.05) is 19.1 Å². The second-order valence-corrected chi connectivity index (χ2v) is 3.72. The molecule has 16 heavy (non-hydrogen) atoms. The molecule has 0 aromatic heterocycles. The normalized spacial score (nSPS) is 15.9. The first-order chi connectivity index (χ1) is 7.36. The molecule has 1 aromatic rings. The summed E-state index contributed by atoms with van der Waals surface area (Å²) in [6.45, 7) is 1.39. The fraction of sp³-hybridized carbons (Fsp3) is 0.455. The van der Waals surface area contributed by atoms with E-state index in [1.54, 1.807) is 6.92 Å². The Hall–Kier alpha value is -1.07. The third-order valence-electron chi connectivity index (χ3n) is 2.41. The second-order valence-electron chi connectivity index (χ2n) is 3.72. The molecule has 0 bridgehead atoms. The molecule has 5 heteroatoms. The van der Waals surface area contributed by atoms with Gasteiger partial charge in [0.15, 0.2) is 0 Å². The van der Waals surface area contributed by atoms with Gasteiger partial charge >= 0.3 is 6.18 Å². The summed E-state index contributed by atoms with van der Waals surface area (Å²) in [5.74, 6) is -0.406. The molecule has 0 saturated heterocycles. The van der Waals surface area contributed by atoms with Crippen molar-refractivity contribution in [2.75, 3.05) is 6.61 Å². The number of alkyl halides is 3. The molecule has 0 fully saturated rings. The molecule has 0 aliphatic rings. The van der Waals surface area contributed by atoms with Crippen molar-refractivity contribution in [3.8, 4) is 0 Å². The van der Waals surface area contributed by atoms with Crippen LogP contribution in [0.5, 0.6) is 0 Å². The van der Waals surface area contributed by atoms with Crippen molar-refractivity contribution in [3.05, 3.63) is 35.4 Å². The summed E-state index contributed by atoms with van der Waals surface area (Å²) in [5.41, 5.74) is -0.380. The number of aliphatic hydroxyl groups is 2. The Morgan fingerprint density at radius 1 is 1.19 bits per heavy atom. The minimum atomic E-state index is -4.37. The van der Waals surface area contributed by atoms with E-state index in [1.165, 1.54) is 12.1 Å². The molecule has 0 radical (unpaired) electrons. The van der Waals surface area contributed by atoms with E-state index in [4.69, 9.17) is 5.11 Å². The number of benzene rings is 1. The Bertz CT molecular complexity index is 332. The number of rotatable bonds is 3. The number of aliphatic hydroxyl groups excluding tert-OH is 2. The van der Waals surface area contributed by atoms with Gasteiger partial charge in [0, 0.05) is 12.5 Å². The largest absolute Gasteiger partial charge is 0.416 e. The fourth-order valence-corrected chi connectivity index (χ4v) is 1.30. The standard InChI is InChI=1S/C11H13F3O2/c1-7(6-15)10(16)8-2-4-9(5-3-8)11(12,13)14/h2-5,7,10,15-16H,6H2,1H3/t7-,10+/m0/s1. The highest BCUT2D eigenvalue weighted by Crippen LogP contribution is 2.30. The van der Waals surface area contributed by atoms with Crippen LogP contribution in [0.25, 0.3) is 0 Å². The van der Waals surface area contributed by atoms with Crippen LogP contribution in [0.4, 0.5) is 13.2 Å². The van der Waals surface area contributed by atoms with Crippen LogP contribution in [0, 0.1) is 5.92 Å². The Labute approximate surface area is 91.3 Å². The van der Waals surface area contributed by atoms with Gasteiger partial charge in [0.1, 0.15) is 0 Å². The predicted molar refractivity (Wildman–Crippen MR) is 52.7 cm³/mol. The molecule has 2 atom stereocenters. The average molecular weight is 234 g/mol. The van der Waals surface area contributed by atoms with E-state index in [0.717, 1.165) is 12.1 Å². The van der Waals surface area contributed by atoms with Crippen molar-refractivity contribution in [1.29, 1.82) is 0 Å². The zero-order chi connectivity index (χ0) is 12.3. The molecule has 1 aromatic carbocycles. The summed E-state index contributed by atoms with van der Waals surface area (Å²) in [7, 11) is 0. The lowest BCUT2D eigenvalue weighted by atomic mass is 9.97. The lowest BCUT2D eigenvalue weighted by molar-refractivity contribution is -0.137. The van der Waals surface area contributed by atoms with E-state index in [1.807, 2.05) is 0 Å². The summed E-state index contributed by atoms with van der Waals surface area (Å²) in [6.07, 6.45) is -5.32. The zero-order valence-electron chi connectivity index (χ0n) is 8.70. The highest BCUT2D eigenvalue weighted by Gasteiger charge is 2.30. The van der Waals surface area contributed by atoms with Gasteiger partial charge in [0.2, 0.25) is 0 Å². The van der Waals surface area contributed by atoms with Crippen molar-refractivity contribution >= 4 is 0 Å². The third-order valence-corrected chi connectivity index (χ3v) is 2.41. The van der Waals surface area contributed by atoms with E-state index >= 15 is 0 Å². The van der Waals surface area contributed by atoms with Crippen LogP contribution in [0.15, 0.2) is 24.3 Å². The Morgan fingerprint density at radius 2 is 1.69 bits per heavy atom. The summed E-state index contributed by atoms with van der Waals surface area (Å²) in [5, 5.41) is 18.5. The maximum atomic E-state index is 12.2. The average Bonchev–Trinajstić information content (AvgIpc) is 2.26. The predicted octanol–water partition coefficient (Wildman–Crippen LogP) is 2.37. The summed E-state index contributed by atoms with van der Waals surface area (Å²) in [6, 6.07) is 4.28. The number of hydrogen-bond acceptors (Lipinski definition) is 2. The van der Waals surface area contributed by atoms with Crippen molar-refractivity contribution in [3.63, 3.8) is 0 Å². The van der Waals surface area contributed by atoms with E-state index in [9.17, 15) is 18.3 Å².